The first-order valence-electron chi connectivity index (χ1n) is 20.7. The number of hydrogen-bond acceptors (Lipinski definition) is 6. The van der Waals surface area contributed by atoms with E-state index in [1.807, 2.05) is 34.8 Å². The maximum Gasteiger partial charge on any atom is 0.166 e. The molecule has 5 nitrogen and oxygen atoms in total. The predicted octanol–water partition coefficient (Wildman–Crippen LogP) is 15.8. The van der Waals surface area contributed by atoms with Gasteiger partial charge in [0, 0.05) is 84.6 Å². The number of fused-ring (bicyclic) bond motifs is 13. The van der Waals surface area contributed by atoms with Crippen LogP contribution in [0.4, 0.5) is 0 Å². The van der Waals surface area contributed by atoms with Crippen molar-refractivity contribution in [2.75, 3.05) is 0 Å². The van der Waals surface area contributed by atoms with Crippen LogP contribution in [0.2, 0.25) is 0 Å². The minimum absolute atomic E-state index is 0.587. The Morgan fingerprint density at radius 1 is 0.355 bits per heavy atom. The summed E-state index contributed by atoms with van der Waals surface area (Å²) < 4.78 is 14.0. The maximum absolute atomic E-state index is 6.63. The summed E-state index contributed by atoms with van der Waals surface area (Å²) in [5, 5.41) is 11.6. The molecule has 62 heavy (non-hydrogen) atoms. The highest BCUT2D eigenvalue weighted by atomic mass is 32.1. The van der Waals surface area contributed by atoms with Crippen LogP contribution in [0.25, 0.3) is 135 Å². The summed E-state index contributed by atoms with van der Waals surface area (Å²) in [6.07, 6.45) is 0. The molecular weight excluding hydrogens is 797 g/mol. The fourth-order valence-corrected chi connectivity index (χ4v) is 11.7. The summed E-state index contributed by atoms with van der Waals surface area (Å²) in [6.45, 7) is 0. The molecule has 0 bridgehead atoms. The minimum Gasteiger partial charge on any atom is -0.456 e. The fraction of sp³-hybridized carbons (Fsp3) is 0. The van der Waals surface area contributed by atoms with Crippen molar-refractivity contribution in [2.24, 2.45) is 0 Å². The Balaban J connectivity index is 1.09. The van der Waals surface area contributed by atoms with E-state index in [1.165, 1.54) is 61.9 Å². The predicted molar refractivity (Wildman–Crippen MR) is 261 cm³/mol. The average molecular weight is 827 g/mol. The van der Waals surface area contributed by atoms with E-state index in [-0.39, 0.29) is 0 Å². The molecule has 0 spiro atoms. The number of rotatable bonds is 4. The van der Waals surface area contributed by atoms with E-state index >= 15 is 0 Å². The second-order valence-electron chi connectivity index (χ2n) is 16.0. The molecule has 7 heteroatoms. The third-order valence-corrected chi connectivity index (χ3v) is 14.7. The molecular formula is C55H30N4OS2. The highest BCUT2D eigenvalue weighted by Gasteiger charge is 2.23. The number of furan rings is 1. The summed E-state index contributed by atoms with van der Waals surface area (Å²) in [7, 11) is 0. The van der Waals surface area contributed by atoms with E-state index in [9.17, 15) is 0 Å². The van der Waals surface area contributed by atoms with Gasteiger partial charge in [0.1, 0.15) is 11.2 Å². The van der Waals surface area contributed by atoms with Crippen LogP contribution in [-0.4, -0.2) is 19.5 Å². The molecule has 288 valence electrons. The number of para-hydroxylation sites is 2. The van der Waals surface area contributed by atoms with Gasteiger partial charge in [-0.1, -0.05) is 97.1 Å². The highest BCUT2D eigenvalue weighted by molar-refractivity contribution is 7.26. The number of thiophene rings is 2. The van der Waals surface area contributed by atoms with Gasteiger partial charge in [-0.25, -0.2) is 15.0 Å². The molecule has 0 amide bonds. The molecule has 5 aromatic heterocycles. The Hall–Kier alpha value is -7.71. The van der Waals surface area contributed by atoms with Gasteiger partial charge in [0.2, 0.25) is 0 Å². The van der Waals surface area contributed by atoms with Crippen molar-refractivity contribution in [2.45, 2.75) is 0 Å². The second kappa shape index (κ2) is 12.9. The van der Waals surface area contributed by atoms with E-state index in [2.05, 4.69) is 174 Å². The van der Waals surface area contributed by atoms with E-state index < -0.39 is 0 Å². The van der Waals surface area contributed by atoms with Gasteiger partial charge in [-0.3, -0.25) is 0 Å². The van der Waals surface area contributed by atoms with Gasteiger partial charge in [0.05, 0.1) is 16.7 Å². The van der Waals surface area contributed by atoms with Crippen LogP contribution in [0.5, 0.6) is 0 Å². The summed E-state index contributed by atoms with van der Waals surface area (Å²) >= 11 is 3.62. The largest absolute Gasteiger partial charge is 0.456 e. The van der Waals surface area contributed by atoms with Crippen molar-refractivity contribution in [3.8, 4) is 39.9 Å². The normalized spacial score (nSPS) is 12.2. The van der Waals surface area contributed by atoms with Crippen molar-refractivity contribution in [3.05, 3.63) is 182 Å². The number of hydrogen-bond donors (Lipinski definition) is 0. The van der Waals surface area contributed by atoms with Gasteiger partial charge in [-0.2, -0.15) is 0 Å². The van der Waals surface area contributed by atoms with Crippen molar-refractivity contribution >= 4 is 118 Å². The SMILES string of the molecule is c1ccc2cc3c(cc2c1)c1ccccc1n3-c1cc2oc3ccccc3c2cc1-c1nc(-c2ccc3sc4ccccc4c3c2)nc(-c2ccc3sc4ccccc4c3c2)n1. The van der Waals surface area contributed by atoms with Crippen LogP contribution in [0.3, 0.4) is 0 Å². The standard InChI is InChI=1S/C55H30N4OS2/c1-2-12-32-28-45-39(25-31(32)11-1)35-13-3-7-17-44(35)59(45)46-30-48-40(36-14-4-8-18-47(36)60-48)29-43(46)55-57-53(33-21-23-51-41(26-33)37-15-5-9-19-49(37)61-51)56-54(58-55)34-22-24-52-42(27-34)38-16-6-10-20-50(38)62-52/h1-30H. The van der Waals surface area contributed by atoms with Gasteiger partial charge in [0.25, 0.3) is 0 Å². The number of nitrogens with zero attached hydrogens (tertiary/aromatic N) is 4. The second-order valence-corrected chi connectivity index (χ2v) is 18.1. The van der Waals surface area contributed by atoms with Crippen LogP contribution in [0.15, 0.2) is 186 Å². The maximum atomic E-state index is 6.63. The molecule has 0 saturated carbocycles. The summed E-state index contributed by atoms with van der Waals surface area (Å²) in [6, 6.07) is 65.0. The molecule has 0 aliphatic carbocycles. The van der Waals surface area contributed by atoms with Crippen molar-refractivity contribution < 1.29 is 4.42 Å². The van der Waals surface area contributed by atoms with E-state index in [4.69, 9.17) is 19.4 Å². The van der Waals surface area contributed by atoms with Crippen LogP contribution in [0, 0.1) is 0 Å². The lowest BCUT2D eigenvalue weighted by atomic mass is 10.0. The highest BCUT2D eigenvalue weighted by Crippen LogP contribution is 2.43. The first-order chi connectivity index (χ1) is 30.7. The van der Waals surface area contributed by atoms with Crippen LogP contribution in [0.1, 0.15) is 0 Å². The monoisotopic (exact) mass is 826 g/mol. The molecule has 0 atom stereocenters. The topological polar surface area (TPSA) is 56.7 Å². The Kier molecular flexibility index (Phi) is 7.08. The van der Waals surface area contributed by atoms with Crippen LogP contribution < -0.4 is 0 Å². The zero-order valence-electron chi connectivity index (χ0n) is 32.8. The van der Waals surface area contributed by atoms with Crippen LogP contribution >= 0.6 is 22.7 Å². The number of benzene rings is 9. The van der Waals surface area contributed by atoms with Gasteiger partial charge in [-0.05, 0) is 89.6 Å². The first-order valence-corrected chi connectivity index (χ1v) is 22.3. The molecule has 0 aliphatic heterocycles. The molecule has 14 rings (SSSR count). The molecule has 9 aromatic carbocycles. The van der Waals surface area contributed by atoms with Gasteiger partial charge < -0.3 is 8.98 Å². The lowest BCUT2D eigenvalue weighted by Gasteiger charge is -2.15. The third kappa shape index (κ3) is 5.03. The minimum atomic E-state index is 0.587. The number of aromatic nitrogens is 4. The zero-order chi connectivity index (χ0) is 40.5. The van der Waals surface area contributed by atoms with Crippen molar-refractivity contribution in [1.29, 1.82) is 0 Å². The Labute approximate surface area is 361 Å². The van der Waals surface area contributed by atoms with Crippen molar-refractivity contribution in [1.82, 2.24) is 19.5 Å². The molecule has 0 saturated heterocycles. The Morgan fingerprint density at radius 3 is 1.60 bits per heavy atom. The third-order valence-electron chi connectivity index (χ3n) is 12.4. The smallest absolute Gasteiger partial charge is 0.166 e. The molecule has 0 radical (unpaired) electrons. The van der Waals surface area contributed by atoms with Gasteiger partial charge >= 0.3 is 0 Å². The zero-order valence-corrected chi connectivity index (χ0v) is 34.5. The first kappa shape index (κ1) is 34.0. The average Bonchev–Trinajstić information content (AvgIpc) is 4.08. The summed E-state index contributed by atoms with van der Waals surface area (Å²) in [5.41, 5.74) is 7.52. The molecule has 5 heterocycles. The lowest BCUT2D eigenvalue weighted by Crippen LogP contribution is -2.04. The van der Waals surface area contributed by atoms with Gasteiger partial charge in [0.15, 0.2) is 17.5 Å². The molecule has 0 N–H and O–H groups in total. The van der Waals surface area contributed by atoms with E-state index in [1.54, 1.807) is 0 Å². The molecule has 0 fully saturated rings. The molecule has 14 aromatic rings. The van der Waals surface area contributed by atoms with Gasteiger partial charge in [-0.15, -0.1) is 22.7 Å². The quantitative estimate of drug-likeness (QED) is 0.177. The summed E-state index contributed by atoms with van der Waals surface area (Å²) in [4.78, 5) is 16.3. The summed E-state index contributed by atoms with van der Waals surface area (Å²) in [5.74, 6) is 1.83. The Bertz CT molecular complexity index is 4060. The molecule has 0 unspecified atom stereocenters. The van der Waals surface area contributed by atoms with Crippen LogP contribution in [-0.2, 0) is 0 Å². The Morgan fingerprint density at radius 2 is 0.903 bits per heavy atom. The fourth-order valence-electron chi connectivity index (χ4n) is 9.52. The van der Waals surface area contributed by atoms with E-state index in [0.717, 1.165) is 55.3 Å². The van der Waals surface area contributed by atoms with Crippen molar-refractivity contribution in [3.63, 3.8) is 0 Å². The lowest BCUT2D eigenvalue weighted by molar-refractivity contribution is 0.668. The molecule has 0 aliphatic rings. The van der Waals surface area contributed by atoms with E-state index in [0.29, 0.717) is 17.5 Å².